The average Bonchev–Trinajstić information content (AvgIpc) is 3.10. The molecule has 3 N–H and O–H groups in total. The fourth-order valence-electron chi connectivity index (χ4n) is 1.55. The van der Waals surface area contributed by atoms with E-state index in [1.165, 1.54) is 0 Å². The Morgan fingerprint density at radius 2 is 2.39 bits per heavy atom. The van der Waals surface area contributed by atoms with Gasteiger partial charge in [-0.2, -0.15) is 4.98 Å². The highest BCUT2D eigenvalue weighted by molar-refractivity contribution is 5.47. The number of H-pyrrole nitrogens is 1. The number of hydrogen-bond acceptors (Lipinski definition) is 6. The van der Waals surface area contributed by atoms with Crippen molar-refractivity contribution in [3.63, 3.8) is 0 Å². The van der Waals surface area contributed by atoms with Crippen molar-refractivity contribution in [1.29, 1.82) is 0 Å². The molecule has 8 heteroatoms. The van der Waals surface area contributed by atoms with Gasteiger partial charge in [-0.05, 0) is 12.1 Å². The summed E-state index contributed by atoms with van der Waals surface area (Å²) in [7, 11) is 0. The third-order valence-corrected chi connectivity index (χ3v) is 2.40. The fraction of sp³-hybridized carbons (Fsp3) is 0.200. The summed E-state index contributed by atoms with van der Waals surface area (Å²) in [4.78, 5) is 7.26. The normalized spacial score (nSPS) is 10.9. The predicted molar refractivity (Wildman–Crippen MR) is 61.1 cm³/mol. The van der Waals surface area contributed by atoms with E-state index in [1.54, 1.807) is 17.1 Å². The van der Waals surface area contributed by atoms with E-state index in [4.69, 9.17) is 10.3 Å². The van der Waals surface area contributed by atoms with Crippen molar-refractivity contribution in [3.8, 4) is 11.5 Å². The van der Waals surface area contributed by atoms with Crippen LogP contribution in [0.3, 0.4) is 0 Å². The van der Waals surface area contributed by atoms with Gasteiger partial charge < -0.3 is 15.2 Å². The molecule has 3 heterocycles. The first-order chi connectivity index (χ1) is 8.85. The second-order valence-electron chi connectivity index (χ2n) is 3.71. The van der Waals surface area contributed by atoms with Crippen molar-refractivity contribution in [3.05, 3.63) is 36.1 Å². The molecule has 0 amide bonds. The Balaban J connectivity index is 1.77. The second kappa shape index (κ2) is 4.41. The summed E-state index contributed by atoms with van der Waals surface area (Å²) in [6.45, 7) is 0.734. The third kappa shape index (κ3) is 2.00. The summed E-state index contributed by atoms with van der Waals surface area (Å²) in [6, 6.07) is 3.74. The van der Waals surface area contributed by atoms with Crippen molar-refractivity contribution in [2.24, 2.45) is 5.73 Å². The summed E-state index contributed by atoms with van der Waals surface area (Å²) in [5.41, 5.74) is 6.99. The lowest BCUT2D eigenvalue weighted by Crippen LogP contribution is -2.00. The van der Waals surface area contributed by atoms with Crippen LogP contribution >= 0.6 is 0 Å². The lowest BCUT2D eigenvalue weighted by atomic mass is 10.4. The van der Waals surface area contributed by atoms with Crippen LogP contribution in [0.15, 0.2) is 29.0 Å². The van der Waals surface area contributed by atoms with Gasteiger partial charge in [-0.15, -0.1) is 5.10 Å². The van der Waals surface area contributed by atoms with Crippen LogP contribution in [0.4, 0.5) is 0 Å². The van der Waals surface area contributed by atoms with Crippen LogP contribution < -0.4 is 5.73 Å². The molecule has 3 aromatic heterocycles. The molecule has 0 saturated carbocycles. The number of nitrogens with two attached hydrogens (primary N) is 1. The standard InChI is InChI=1S/C10H11N7O/c11-4-7-5-17(16-14-7)6-9-13-10(15-18-9)8-2-1-3-12-8/h1-3,5,12H,4,6,11H2. The molecular formula is C10H11N7O. The minimum absolute atomic E-state index is 0.359. The first-order valence-corrected chi connectivity index (χ1v) is 5.40. The zero-order valence-electron chi connectivity index (χ0n) is 9.45. The first-order valence-electron chi connectivity index (χ1n) is 5.40. The van der Waals surface area contributed by atoms with E-state index < -0.39 is 0 Å². The van der Waals surface area contributed by atoms with Crippen molar-refractivity contribution in [1.82, 2.24) is 30.1 Å². The molecule has 0 radical (unpaired) electrons. The van der Waals surface area contributed by atoms with E-state index in [1.807, 2.05) is 12.1 Å². The average molecular weight is 245 g/mol. The maximum Gasteiger partial charge on any atom is 0.248 e. The Labute approximate surface area is 102 Å². The Morgan fingerprint density at radius 3 is 3.11 bits per heavy atom. The molecule has 18 heavy (non-hydrogen) atoms. The van der Waals surface area contributed by atoms with Crippen LogP contribution in [0.1, 0.15) is 11.6 Å². The highest BCUT2D eigenvalue weighted by Gasteiger charge is 2.10. The van der Waals surface area contributed by atoms with Gasteiger partial charge >= 0.3 is 0 Å². The molecule has 0 aromatic carbocycles. The predicted octanol–water partition coefficient (Wildman–Crippen LogP) is 0.163. The number of aromatic nitrogens is 6. The Kier molecular flexibility index (Phi) is 2.61. The minimum atomic E-state index is 0.359. The van der Waals surface area contributed by atoms with E-state index in [9.17, 15) is 0 Å². The van der Waals surface area contributed by atoms with Crippen LogP contribution in [-0.4, -0.2) is 30.1 Å². The maximum absolute atomic E-state index is 5.45. The molecule has 0 spiro atoms. The summed E-state index contributed by atoms with van der Waals surface area (Å²) in [6.07, 6.45) is 3.55. The molecule has 92 valence electrons. The van der Waals surface area contributed by atoms with Gasteiger partial charge in [-0.3, -0.25) is 0 Å². The maximum atomic E-state index is 5.45. The zero-order chi connectivity index (χ0) is 12.4. The minimum Gasteiger partial charge on any atom is -0.359 e. The molecule has 0 fully saturated rings. The molecule has 0 bridgehead atoms. The van der Waals surface area contributed by atoms with Gasteiger partial charge in [0.1, 0.15) is 6.54 Å². The first kappa shape index (κ1) is 10.7. The quantitative estimate of drug-likeness (QED) is 0.677. The van der Waals surface area contributed by atoms with Crippen LogP contribution in [0.5, 0.6) is 0 Å². The van der Waals surface area contributed by atoms with Gasteiger partial charge in [0.05, 0.1) is 17.6 Å². The SMILES string of the molecule is NCc1cn(Cc2nc(-c3ccc[nH]3)no2)nn1. The fourth-order valence-corrected chi connectivity index (χ4v) is 1.55. The van der Waals surface area contributed by atoms with Gasteiger partial charge in [-0.25, -0.2) is 4.68 Å². The van der Waals surface area contributed by atoms with Gasteiger partial charge in [0.15, 0.2) is 0 Å². The Hall–Kier alpha value is -2.48. The van der Waals surface area contributed by atoms with E-state index >= 15 is 0 Å². The van der Waals surface area contributed by atoms with Gasteiger partial charge in [0.2, 0.25) is 11.7 Å². The van der Waals surface area contributed by atoms with Crippen LogP contribution in [0.25, 0.3) is 11.5 Å². The molecule has 0 saturated heterocycles. The lowest BCUT2D eigenvalue weighted by molar-refractivity contribution is 0.364. The van der Waals surface area contributed by atoms with E-state index in [2.05, 4.69) is 25.4 Å². The summed E-state index contributed by atoms with van der Waals surface area (Å²) >= 11 is 0. The number of rotatable bonds is 4. The smallest absolute Gasteiger partial charge is 0.248 e. The molecule has 0 atom stereocenters. The summed E-state index contributed by atoms with van der Waals surface area (Å²) in [5.74, 6) is 0.988. The summed E-state index contributed by atoms with van der Waals surface area (Å²) in [5, 5.41) is 11.7. The number of nitrogens with zero attached hydrogens (tertiary/aromatic N) is 5. The Bertz CT molecular complexity index is 624. The number of aromatic amines is 1. The van der Waals surface area contributed by atoms with Crippen LogP contribution in [-0.2, 0) is 13.1 Å². The van der Waals surface area contributed by atoms with E-state index in [0.29, 0.717) is 24.8 Å². The summed E-state index contributed by atoms with van der Waals surface area (Å²) < 4.78 is 6.74. The van der Waals surface area contributed by atoms with Crippen molar-refractivity contribution < 1.29 is 4.52 Å². The topological polar surface area (TPSA) is 111 Å². The molecule has 8 nitrogen and oxygen atoms in total. The van der Waals surface area contributed by atoms with Crippen LogP contribution in [0, 0.1) is 0 Å². The second-order valence-corrected chi connectivity index (χ2v) is 3.71. The third-order valence-electron chi connectivity index (χ3n) is 2.40. The molecule has 0 unspecified atom stereocenters. The Morgan fingerprint density at radius 1 is 1.44 bits per heavy atom. The van der Waals surface area contributed by atoms with Crippen molar-refractivity contribution in [2.75, 3.05) is 0 Å². The monoisotopic (exact) mass is 245 g/mol. The highest BCUT2D eigenvalue weighted by atomic mass is 16.5. The van der Waals surface area contributed by atoms with Gasteiger partial charge in [0, 0.05) is 12.7 Å². The van der Waals surface area contributed by atoms with Gasteiger partial charge in [0.25, 0.3) is 0 Å². The van der Waals surface area contributed by atoms with E-state index in [0.717, 1.165) is 11.4 Å². The largest absolute Gasteiger partial charge is 0.359 e. The molecular weight excluding hydrogens is 234 g/mol. The highest BCUT2D eigenvalue weighted by Crippen LogP contribution is 2.12. The van der Waals surface area contributed by atoms with Gasteiger partial charge in [-0.1, -0.05) is 10.4 Å². The molecule has 0 aliphatic carbocycles. The number of nitrogens with one attached hydrogen (secondary N) is 1. The van der Waals surface area contributed by atoms with Crippen molar-refractivity contribution in [2.45, 2.75) is 13.1 Å². The zero-order valence-corrected chi connectivity index (χ0v) is 9.45. The van der Waals surface area contributed by atoms with Crippen molar-refractivity contribution >= 4 is 0 Å². The number of hydrogen-bond donors (Lipinski definition) is 2. The molecule has 3 aromatic rings. The molecule has 0 aliphatic rings. The van der Waals surface area contributed by atoms with E-state index in [-0.39, 0.29) is 0 Å². The molecule has 0 aliphatic heterocycles. The van der Waals surface area contributed by atoms with Crippen LogP contribution in [0.2, 0.25) is 0 Å². The lowest BCUT2D eigenvalue weighted by Gasteiger charge is -1.91. The molecule has 3 rings (SSSR count).